The van der Waals surface area contributed by atoms with Crippen LogP contribution in [0.4, 0.5) is 0 Å². The summed E-state index contributed by atoms with van der Waals surface area (Å²) in [6.07, 6.45) is 0.855. The number of ether oxygens (including phenoxy) is 1. The molecule has 2 nitrogen and oxygen atoms in total. The Hall–Kier alpha value is -0.0151. The van der Waals surface area contributed by atoms with Crippen molar-refractivity contribution >= 4 is 7.28 Å². The molecule has 0 saturated carbocycles. The molecule has 0 bridgehead atoms. The zero-order valence-electron chi connectivity index (χ0n) is 4.68. The van der Waals surface area contributed by atoms with E-state index in [1.165, 1.54) is 0 Å². The van der Waals surface area contributed by atoms with Gasteiger partial charge in [0.2, 0.25) is 0 Å². The summed E-state index contributed by atoms with van der Waals surface area (Å²) >= 11 is 0. The van der Waals surface area contributed by atoms with Crippen LogP contribution in [0.15, 0.2) is 0 Å². The summed E-state index contributed by atoms with van der Waals surface area (Å²) in [6, 6.07) is 0. The predicted molar refractivity (Wildman–Crippen MR) is 30.9 cm³/mol. The third-order valence-electron chi connectivity index (χ3n) is 0.757. The van der Waals surface area contributed by atoms with Gasteiger partial charge in [-0.2, -0.15) is 0 Å². The van der Waals surface area contributed by atoms with Gasteiger partial charge in [0.1, 0.15) is 0 Å². The first kappa shape index (κ1) is 6.98. The first-order chi connectivity index (χ1) is 3.41. The molecule has 3 heteroatoms. The van der Waals surface area contributed by atoms with Crippen molar-refractivity contribution in [1.29, 1.82) is 0 Å². The second kappa shape index (κ2) is 5.98. The van der Waals surface area contributed by atoms with E-state index in [1.807, 2.05) is 0 Å². The molecule has 0 aliphatic carbocycles. The number of hydrogen-bond acceptors (Lipinski definition) is 2. The molecule has 0 heterocycles. The molecule has 0 saturated heterocycles. The van der Waals surface area contributed by atoms with E-state index in [9.17, 15) is 0 Å². The highest BCUT2D eigenvalue weighted by atomic mass is 16.5. The maximum Gasteiger partial charge on any atom is 0.155 e. The number of methoxy groups -OCH3 is 1. The Morgan fingerprint density at radius 3 is 2.86 bits per heavy atom. The SMILES string of the molecule is COCBCCO. The van der Waals surface area contributed by atoms with Crippen molar-refractivity contribution in [3.05, 3.63) is 0 Å². The van der Waals surface area contributed by atoms with Crippen molar-refractivity contribution in [1.82, 2.24) is 0 Å². The second-order valence-electron chi connectivity index (χ2n) is 1.42. The average Bonchev–Trinajstić information content (AvgIpc) is 1.69. The van der Waals surface area contributed by atoms with Gasteiger partial charge in [0.25, 0.3) is 0 Å². The van der Waals surface area contributed by atoms with Crippen molar-refractivity contribution < 1.29 is 9.84 Å². The van der Waals surface area contributed by atoms with E-state index in [1.54, 1.807) is 7.11 Å². The monoisotopic (exact) mass is 102 g/mol. The molecule has 0 fully saturated rings. The average molecular weight is 102 g/mol. The van der Waals surface area contributed by atoms with E-state index in [0.29, 0.717) is 0 Å². The zero-order valence-corrected chi connectivity index (χ0v) is 4.68. The van der Waals surface area contributed by atoms with Crippen LogP contribution in [0.1, 0.15) is 0 Å². The standard InChI is InChI=1S/C4H11BO2/c1-7-4-5-2-3-6/h5-6H,2-4H2,1H3. The minimum Gasteiger partial charge on any atom is -0.397 e. The largest absolute Gasteiger partial charge is 0.397 e. The third-order valence-corrected chi connectivity index (χ3v) is 0.757. The third kappa shape index (κ3) is 5.98. The quantitative estimate of drug-likeness (QED) is 0.380. The highest BCUT2D eigenvalue weighted by Gasteiger charge is 1.84. The Balaban J connectivity index is 2.45. The van der Waals surface area contributed by atoms with Gasteiger partial charge in [-0.3, -0.25) is 0 Å². The van der Waals surface area contributed by atoms with Crippen molar-refractivity contribution in [3.8, 4) is 0 Å². The molecule has 1 N–H and O–H groups in total. The van der Waals surface area contributed by atoms with Gasteiger partial charge in [0.05, 0.1) is 0 Å². The minimum atomic E-state index is 0.281. The fourth-order valence-corrected chi connectivity index (χ4v) is 0.358. The first-order valence-corrected chi connectivity index (χ1v) is 2.51. The molecule has 7 heavy (non-hydrogen) atoms. The molecule has 0 aromatic rings. The molecular weight excluding hydrogens is 90.9 g/mol. The van der Waals surface area contributed by atoms with Gasteiger partial charge in [0, 0.05) is 20.2 Å². The van der Waals surface area contributed by atoms with Crippen molar-refractivity contribution in [2.45, 2.75) is 6.32 Å². The highest BCUT2D eigenvalue weighted by molar-refractivity contribution is 6.35. The van der Waals surface area contributed by atoms with Crippen LogP contribution in [0.25, 0.3) is 0 Å². The van der Waals surface area contributed by atoms with Crippen LogP contribution in [0, 0.1) is 0 Å². The molecule has 0 radical (unpaired) electrons. The lowest BCUT2D eigenvalue weighted by molar-refractivity contribution is 0.249. The van der Waals surface area contributed by atoms with Gasteiger partial charge in [-0.05, 0) is 0 Å². The van der Waals surface area contributed by atoms with Gasteiger partial charge in [-0.1, -0.05) is 6.32 Å². The van der Waals surface area contributed by atoms with Crippen molar-refractivity contribution in [3.63, 3.8) is 0 Å². The topological polar surface area (TPSA) is 29.5 Å². The fraction of sp³-hybridized carbons (Fsp3) is 1.00. The van der Waals surface area contributed by atoms with Crippen molar-refractivity contribution in [2.75, 3.05) is 20.2 Å². The molecule has 0 aromatic carbocycles. The van der Waals surface area contributed by atoms with E-state index in [-0.39, 0.29) is 6.61 Å². The number of aliphatic hydroxyl groups is 1. The Morgan fingerprint density at radius 1 is 1.71 bits per heavy atom. The lowest BCUT2D eigenvalue weighted by atomic mass is 9.76. The Morgan fingerprint density at radius 2 is 2.43 bits per heavy atom. The lowest BCUT2D eigenvalue weighted by Gasteiger charge is -1.90. The lowest BCUT2D eigenvalue weighted by Crippen LogP contribution is -2.01. The summed E-state index contributed by atoms with van der Waals surface area (Å²) in [5.74, 6) is 0. The molecule has 0 unspecified atom stereocenters. The summed E-state index contributed by atoms with van der Waals surface area (Å²) in [6.45, 7) is 1.05. The van der Waals surface area contributed by atoms with E-state index >= 15 is 0 Å². The van der Waals surface area contributed by atoms with Crippen LogP contribution in [-0.2, 0) is 4.74 Å². The summed E-state index contributed by atoms with van der Waals surface area (Å²) in [5, 5.41) is 8.24. The van der Waals surface area contributed by atoms with E-state index < -0.39 is 0 Å². The van der Waals surface area contributed by atoms with Crippen LogP contribution in [-0.4, -0.2) is 32.6 Å². The van der Waals surface area contributed by atoms with Gasteiger partial charge in [-0.25, -0.2) is 0 Å². The Labute approximate surface area is 44.7 Å². The summed E-state index contributed by atoms with van der Waals surface area (Å²) in [7, 11) is 2.63. The van der Waals surface area contributed by atoms with Gasteiger partial charge < -0.3 is 9.84 Å². The highest BCUT2D eigenvalue weighted by Crippen LogP contribution is 1.73. The Bertz CT molecular complexity index is 28.9. The predicted octanol–water partition coefficient (Wildman–Crippen LogP) is -0.563. The van der Waals surface area contributed by atoms with E-state index in [2.05, 4.69) is 0 Å². The Kier molecular flexibility index (Phi) is 5.97. The van der Waals surface area contributed by atoms with Crippen LogP contribution < -0.4 is 0 Å². The number of aliphatic hydroxyl groups excluding tert-OH is 1. The number of rotatable bonds is 4. The second-order valence-corrected chi connectivity index (χ2v) is 1.42. The molecule has 0 atom stereocenters. The molecule has 0 spiro atoms. The van der Waals surface area contributed by atoms with Crippen molar-refractivity contribution in [2.24, 2.45) is 0 Å². The molecule has 42 valence electrons. The number of hydrogen-bond donors (Lipinski definition) is 1. The summed E-state index contributed by atoms with van der Waals surface area (Å²) in [4.78, 5) is 0. The maximum atomic E-state index is 8.24. The molecule has 0 rings (SSSR count). The zero-order chi connectivity index (χ0) is 5.54. The van der Waals surface area contributed by atoms with Crippen LogP contribution in [0.3, 0.4) is 0 Å². The van der Waals surface area contributed by atoms with Crippen LogP contribution in [0.2, 0.25) is 6.32 Å². The molecule has 0 amide bonds. The molecule has 0 aromatic heterocycles. The summed E-state index contributed by atoms with van der Waals surface area (Å²) < 4.78 is 4.73. The molecule has 0 aliphatic heterocycles. The smallest absolute Gasteiger partial charge is 0.155 e. The first-order valence-electron chi connectivity index (χ1n) is 2.51. The van der Waals surface area contributed by atoms with Gasteiger partial charge >= 0.3 is 0 Å². The summed E-state index contributed by atoms with van der Waals surface area (Å²) in [5.41, 5.74) is 0. The normalized spacial score (nSPS) is 8.86. The molecule has 0 aliphatic rings. The van der Waals surface area contributed by atoms with Crippen LogP contribution in [0.5, 0.6) is 0 Å². The van der Waals surface area contributed by atoms with E-state index in [4.69, 9.17) is 9.84 Å². The van der Waals surface area contributed by atoms with Crippen LogP contribution >= 0.6 is 0 Å². The minimum absolute atomic E-state index is 0.281. The molecular formula is C4H11BO2. The maximum absolute atomic E-state index is 8.24. The van der Waals surface area contributed by atoms with E-state index in [0.717, 1.165) is 20.1 Å². The van der Waals surface area contributed by atoms with Gasteiger partial charge in [0.15, 0.2) is 7.28 Å². The fourth-order valence-electron chi connectivity index (χ4n) is 0.358. The van der Waals surface area contributed by atoms with Gasteiger partial charge in [-0.15, -0.1) is 0 Å².